The van der Waals surface area contributed by atoms with Gasteiger partial charge in [0, 0.05) is 28.6 Å². The van der Waals surface area contributed by atoms with E-state index in [0.717, 1.165) is 11.3 Å². The van der Waals surface area contributed by atoms with Crippen molar-refractivity contribution in [2.24, 2.45) is 0 Å². The molecular weight excluding hydrogens is 384 g/mol. The molecule has 3 rings (SSSR count). The zero-order valence-corrected chi connectivity index (χ0v) is 16.3. The van der Waals surface area contributed by atoms with Gasteiger partial charge in [0.1, 0.15) is 10.7 Å². The number of halogens is 1. The van der Waals surface area contributed by atoms with Gasteiger partial charge >= 0.3 is 0 Å². The van der Waals surface area contributed by atoms with Crippen LogP contribution < -0.4 is 10.6 Å². The minimum absolute atomic E-state index is 0.201. The van der Waals surface area contributed by atoms with E-state index in [2.05, 4.69) is 10.6 Å². The molecule has 5 nitrogen and oxygen atoms in total. The number of thioether (sulfide) groups is 1. The van der Waals surface area contributed by atoms with Crippen LogP contribution in [0.4, 0.5) is 5.69 Å². The first kappa shape index (κ1) is 19.3. The van der Waals surface area contributed by atoms with Gasteiger partial charge in [-0.3, -0.25) is 9.59 Å². The molecule has 27 heavy (non-hydrogen) atoms. The zero-order chi connectivity index (χ0) is 19.2. The molecule has 0 fully saturated rings. The summed E-state index contributed by atoms with van der Waals surface area (Å²) in [6, 6.07) is 14.1. The molecule has 0 unspecified atom stereocenters. The molecule has 0 saturated carbocycles. The highest BCUT2D eigenvalue weighted by Crippen LogP contribution is 2.26. The van der Waals surface area contributed by atoms with Crippen LogP contribution in [0.1, 0.15) is 22.8 Å². The summed E-state index contributed by atoms with van der Waals surface area (Å²) in [7, 11) is 0. The quantitative estimate of drug-likeness (QED) is 0.786. The molecule has 0 aromatic heterocycles. The molecule has 0 radical (unpaired) electrons. The lowest BCUT2D eigenvalue weighted by molar-refractivity contribution is -0.112. The Bertz CT molecular complexity index is 881. The maximum Gasteiger partial charge on any atom is 0.265 e. The van der Waals surface area contributed by atoms with Crippen molar-refractivity contribution in [2.75, 3.05) is 17.7 Å². The second kappa shape index (κ2) is 8.97. The van der Waals surface area contributed by atoms with Gasteiger partial charge in [0.15, 0.2) is 0 Å². The van der Waals surface area contributed by atoms with Gasteiger partial charge in [-0.15, -0.1) is 11.8 Å². The third-order valence-corrected chi connectivity index (χ3v) is 5.48. The summed E-state index contributed by atoms with van der Waals surface area (Å²) in [5.74, 6) is 0.986. The largest absolute Gasteiger partial charge is 0.496 e. The Morgan fingerprint density at radius 2 is 1.85 bits per heavy atom. The normalized spacial score (nSPS) is 13.7. The summed E-state index contributed by atoms with van der Waals surface area (Å²) < 4.78 is 5.41. The summed E-state index contributed by atoms with van der Waals surface area (Å²) in [6.45, 7) is 2.75. The molecule has 1 heterocycles. The summed E-state index contributed by atoms with van der Waals surface area (Å²) in [4.78, 5) is 25.2. The molecule has 2 aromatic carbocycles. The van der Waals surface area contributed by atoms with Crippen molar-refractivity contribution in [3.05, 3.63) is 75.3 Å². The topological polar surface area (TPSA) is 67.4 Å². The molecule has 2 amide bonds. The van der Waals surface area contributed by atoms with E-state index in [-0.39, 0.29) is 11.8 Å². The molecule has 2 aromatic rings. The van der Waals surface area contributed by atoms with Crippen LogP contribution in [-0.2, 0) is 16.1 Å². The van der Waals surface area contributed by atoms with Crippen LogP contribution in [0.2, 0.25) is 5.02 Å². The van der Waals surface area contributed by atoms with Crippen molar-refractivity contribution in [1.29, 1.82) is 0 Å². The number of ether oxygens (including phenoxy) is 1. The SMILES string of the molecule is CC1=C(C(=O)Nc2ccc(C(=O)NCc3ccccc3Cl)cc2)SCCO1. The van der Waals surface area contributed by atoms with Crippen molar-refractivity contribution in [2.45, 2.75) is 13.5 Å². The molecule has 1 aliphatic heterocycles. The Morgan fingerprint density at radius 1 is 1.11 bits per heavy atom. The maximum atomic E-state index is 12.3. The maximum absolute atomic E-state index is 12.3. The second-order valence-electron chi connectivity index (χ2n) is 5.89. The van der Waals surface area contributed by atoms with E-state index < -0.39 is 0 Å². The fourth-order valence-corrected chi connectivity index (χ4v) is 3.56. The van der Waals surface area contributed by atoms with E-state index in [0.29, 0.717) is 40.1 Å². The lowest BCUT2D eigenvalue weighted by Gasteiger charge is -2.17. The predicted molar refractivity (Wildman–Crippen MR) is 109 cm³/mol. The van der Waals surface area contributed by atoms with Crippen molar-refractivity contribution in [1.82, 2.24) is 5.32 Å². The van der Waals surface area contributed by atoms with Gasteiger partial charge in [0.05, 0.1) is 6.61 Å². The summed E-state index contributed by atoms with van der Waals surface area (Å²) in [5.41, 5.74) is 1.98. The zero-order valence-electron chi connectivity index (χ0n) is 14.8. The Labute approximate surface area is 167 Å². The van der Waals surface area contributed by atoms with Gasteiger partial charge in [-0.1, -0.05) is 29.8 Å². The van der Waals surface area contributed by atoms with Crippen LogP contribution in [0.5, 0.6) is 0 Å². The number of amides is 2. The molecule has 140 valence electrons. The molecule has 1 aliphatic rings. The molecule has 0 saturated heterocycles. The number of benzene rings is 2. The third kappa shape index (κ3) is 5.05. The Hall–Kier alpha value is -2.44. The van der Waals surface area contributed by atoms with Gasteiger partial charge in [0.25, 0.3) is 11.8 Å². The standard InChI is InChI=1S/C20H19ClN2O3S/c1-13-18(27-11-10-26-13)20(25)23-16-8-6-14(7-9-16)19(24)22-12-15-4-2-3-5-17(15)21/h2-9H,10-12H2,1H3,(H,22,24)(H,23,25). The van der Waals surface area contributed by atoms with Gasteiger partial charge in [-0.2, -0.15) is 0 Å². The number of hydrogen-bond acceptors (Lipinski definition) is 4. The lowest BCUT2D eigenvalue weighted by atomic mass is 10.1. The first-order valence-electron chi connectivity index (χ1n) is 8.44. The van der Waals surface area contributed by atoms with E-state index in [1.807, 2.05) is 18.2 Å². The van der Waals surface area contributed by atoms with Crippen molar-refractivity contribution in [3.63, 3.8) is 0 Å². The van der Waals surface area contributed by atoms with E-state index in [4.69, 9.17) is 16.3 Å². The van der Waals surface area contributed by atoms with Gasteiger partial charge in [-0.25, -0.2) is 0 Å². The monoisotopic (exact) mass is 402 g/mol. The minimum atomic E-state index is -0.206. The van der Waals surface area contributed by atoms with Crippen molar-refractivity contribution in [3.8, 4) is 0 Å². The number of rotatable bonds is 5. The molecule has 0 atom stereocenters. The summed E-state index contributed by atoms with van der Waals surface area (Å²) in [6.07, 6.45) is 0. The molecule has 0 spiro atoms. The number of hydrogen-bond donors (Lipinski definition) is 2. The lowest BCUT2D eigenvalue weighted by Crippen LogP contribution is -2.23. The summed E-state index contributed by atoms with van der Waals surface area (Å²) in [5, 5.41) is 6.28. The van der Waals surface area contributed by atoms with Crippen molar-refractivity contribution >= 4 is 40.9 Å². The van der Waals surface area contributed by atoms with E-state index >= 15 is 0 Å². The fraction of sp³-hybridized carbons (Fsp3) is 0.200. The Balaban J connectivity index is 1.59. The molecule has 0 aliphatic carbocycles. The highest BCUT2D eigenvalue weighted by Gasteiger charge is 2.19. The second-order valence-corrected chi connectivity index (χ2v) is 7.40. The molecule has 7 heteroatoms. The number of allylic oxidation sites excluding steroid dienone is 1. The molecule has 0 bridgehead atoms. The number of carbonyl (C=O) groups is 2. The van der Waals surface area contributed by atoms with Gasteiger partial charge in [-0.05, 0) is 42.8 Å². The number of carbonyl (C=O) groups excluding carboxylic acids is 2. The minimum Gasteiger partial charge on any atom is -0.496 e. The number of anilines is 1. The highest BCUT2D eigenvalue weighted by molar-refractivity contribution is 8.04. The Kier molecular flexibility index (Phi) is 6.42. The summed E-state index contributed by atoms with van der Waals surface area (Å²) >= 11 is 7.57. The van der Waals surface area contributed by atoms with E-state index in [1.165, 1.54) is 11.8 Å². The molecule has 2 N–H and O–H groups in total. The predicted octanol–water partition coefficient (Wildman–Crippen LogP) is 4.20. The van der Waals surface area contributed by atoms with Gasteiger partial charge < -0.3 is 15.4 Å². The van der Waals surface area contributed by atoms with Crippen LogP contribution in [0, 0.1) is 0 Å². The average molecular weight is 403 g/mol. The highest BCUT2D eigenvalue weighted by atomic mass is 35.5. The van der Waals surface area contributed by atoms with E-state index in [1.54, 1.807) is 37.3 Å². The van der Waals surface area contributed by atoms with Crippen LogP contribution in [0.15, 0.2) is 59.2 Å². The van der Waals surface area contributed by atoms with Crippen molar-refractivity contribution < 1.29 is 14.3 Å². The van der Waals surface area contributed by atoms with Crippen LogP contribution in [0.25, 0.3) is 0 Å². The number of nitrogens with one attached hydrogen (secondary N) is 2. The average Bonchev–Trinajstić information content (AvgIpc) is 2.68. The first-order chi connectivity index (χ1) is 13.0. The first-order valence-corrected chi connectivity index (χ1v) is 9.80. The van der Waals surface area contributed by atoms with E-state index in [9.17, 15) is 9.59 Å². The fourth-order valence-electron chi connectivity index (χ4n) is 2.54. The smallest absolute Gasteiger partial charge is 0.265 e. The Morgan fingerprint density at radius 3 is 2.56 bits per heavy atom. The van der Waals surface area contributed by atoms with Crippen LogP contribution >= 0.6 is 23.4 Å². The molecular formula is C20H19ClN2O3S. The van der Waals surface area contributed by atoms with Crippen LogP contribution in [-0.4, -0.2) is 24.2 Å². The third-order valence-electron chi connectivity index (χ3n) is 3.98. The van der Waals surface area contributed by atoms with Gasteiger partial charge in [0.2, 0.25) is 0 Å². The van der Waals surface area contributed by atoms with Crippen LogP contribution in [0.3, 0.4) is 0 Å².